The van der Waals surface area contributed by atoms with Crippen molar-refractivity contribution in [2.24, 2.45) is 5.92 Å². The molecule has 1 aromatic rings. The van der Waals surface area contributed by atoms with E-state index >= 15 is 0 Å². The van der Waals surface area contributed by atoms with E-state index in [2.05, 4.69) is 12.2 Å². The highest BCUT2D eigenvalue weighted by molar-refractivity contribution is 5.73. The van der Waals surface area contributed by atoms with Crippen LogP contribution in [0.1, 0.15) is 39.5 Å². The van der Waals surface area contributed by atoms with Crippen molar-refractivity contribution >= 4 is 11.4 Å². The van der Waals surface area contributed by atoms with Crippen LogP contribution >= 0.6 is 0 Å². The summed E-state index contributed by atoms with van der Waals surface area (Å²) < 4.78 is 5.53. The number of nitrogen functional groups attached to an aromatic ring is 1. The second-order valence-corrected chi connectivity index (χ2v) is 5.16. The maximum Gasteiger partial charge on any atom is 0.144 e. The smallest absolute Gasteiger partial charge is 0.144 e. The molecule has 0 saturated heterocycles. The molecule has 2 rings (SSSR count). The fourth-order valence-corrected chi connectivity index (χ4v) is 2.68. The maximum atomic E-state index is 6.14. The zero-order chi connectivity index (χ0) is 13.0. The van der Waals surface area contributed by atoms with Crippen LogP contribution in [0.25, 0.3) is 0 Å². The average Bonchev–Trinajstić information content (AvgIpc) is 2.37. The van der Waals surface area contributed by atoms with Crippen LogP contribution in [0.4, 0.5) is 11.4 Å². The van der Waals surface area contributed by atoms with Gasteiger partial charge >= 0.3 is 0 Å². The Hall–Kier alpha value is -1.38. The number of rotatable bonds is 4. The van der Waals surface area contributed by atoms with Crippen LogP contribution < -0.4 is 15.8 Å². The predicted octanol–water partition coefficient (Wildman–Crippen LogP) is 3.66. The third kappa shape index (κ3) is 2.89. The first kappa shape index (κ1) is 13.1. The zero-order valence-electron chi connectivity index (χ0n) is 11.4. The van der Waals surface area contributed by atoms with Crippen molar-refractivity contribution in [3.8, 4) is 5.75 Å². The third-order valence-corrected chi connectivity index (χ3v) is 3.82. The molecule has 100 valence electrons. The van der Waals surface area contributed by atoms with Crippen LogP contribution in [-0.4, -0.2) is 12.6 Å². The molecule has 1 fully saturated rings. The second-order valence-electron chi connectivity index (χ2n) is 5.16. The molecular weight excluding hydrogens is 224 g/mol. The van der Waals surface area contributed by atoms with Crippen molar-refractivity contribution in [3.05, 3.63) is 18.2 Å². The van der Waals surface area contributed by atoms with Gasteiger partial charge in [-0.2, -0.15) is 0 Å². The molecule has 0 aromatic heterocycles. The topological polar surface area (TPSA) is 47.3 Å². The van der Waals surface area contributed by atoms with Gasteiger partial charge in [0, 0.05) is 6.04 Å². The van der Waals surface area contributed by atoms with E-state index in [1.807, 2.05) is 25.1 Å². The Labute approximate surface area is 110 Å². The van der Waals surface area contributed by atoms with Gasteiger partial charge in [-0.1, -0.05) is 25.8 Å². The molecule has 0 amide bonds. The van der Waals surface area contributed by atoms with Crippen LogP contribution in [-0.2, 0) is 0 Å². The van der Waals surface area contributed by atoms with Gasteiger partial charge in [0.25, 0.3) is 0 Å². The van der Waals surface area contributed by atoms with E-state index in [-0.39, 0.29) is 0 Å². The highest BCUT2D eigenvalue weighted by Gasteiger charge is 2.21. The van der Waals surface area contributed by atoms with Gasteiger partial charge in [0.05, 0.1) is 18.0 Å². The third-order valence-electron chi connectivity index (χ3n) is 3.82. The summed E-state index contributed by atoms with van der Waals surface area (Å²) in [4.78, 5) is 0. The minimum Gasteiger partial charge on any atom is -0.492 e. The van der Waals surface area contributed by atoms with E-state index in [0.29, 0.717) is 18.6 Å². The van der Waals surface area contributed by atoms with Gasteiger partial charge < -0.3 is 15.8 Å². The monoisotopic (exact) mass is 248 g/mol. The van der Waals surface area contributed by atoms with Crippen molar-refractivity contribution in [1.82, 2.24) is 0 Å². The van der Waals surface area contributed by atoms with Crippen LogP contribution in [0, 0.1) is 5.92 Å². The summed E-state index contributed by atoms with van der Waals surface area (Å²) in [6, 6.07) is 6.50. The first-order valence-corrected chi connectivity index (χ1v) is 7.00. The van der Waals surface area contributed by atoms with E-state index in [1.54, 1.807) is 0 Å². The Kier molecular flexibility index (Phi) is 4.34. The van der Waals surface area contributed by atoms with E-state index in [9.17, 15) is 0 Å². The molecule has 0 heterocycles. The summed E-state index contributed by atoms with van der Waals surface area (Å²) in [5.74, 6) is 1.50. The molecule has 1 aliphatic carbocycles. The SMILES string of the molecule is CCOc1cccc(NC2CCCCC2C)c1N. The van der Waals surface area contributed by atoms with E-state index in [1.165, 1.54) is 25.7 Å². The molecule has 1 saturated carbocycles. The Bertz CT molecular complexity index is 392. The standard InChI is InChI=1S/C15H24N2O/c1-3-18-14-10-6-9-13(15(14)16)17-12-8-5-4-7-11(12)2/h6,9-12,17H,3-5,7-8,16H2,1-2H3. The molecule has 1 aliphatic rings. The molecule has 0 spiro atoms. The van der Waals surface area contributed by atoms with Crippen molar-refractivity contribution in [2.45, 2.75) is 45.6 Å². The van der Waals surface area contributed by atoms with E-state index in [0.717, 1.165) is 17.1 Å². The number of ether oxygens (including phenoxy) is 1. The van der Waals surface area contributed by atoms with Crippen LogP contribution in [0.15, 0.2) is 18.2 Å². The summed E-state index contributed by atoms with van der Waals surface area (Å²) >= 11 is 0. The van der Waals surface area contributed by atoms with E-state index in [4.69, 9.17) is 10.5 Å². The fourth-order valence-electron chi connectivity index (χ4n) is 2.68. The average molecular weight is 248 g/mol. The second kappa shape index (κ2) is 5.98. The number of para-hydroxylation sites is 1. The fraction of sp³-hybridized carbons (Fsp3) is 0.600. The molecule has 1 aromatic carbocycles. The normalized spacial score (nSPS) is 23.7. The minimum absolute atomic E-state index is 0.540. The van der Waals surface area contributed by atoms with Crippen molar-refractivity contribution in [3.63, 3.8) is 0 Å². The summed E-state index contributed by atoms with van der Waals surface area (Å²) in [6.07, 6.45) is 5.21. The van der Waals surface area contributed by atoms with Crippen molar-refractivity contribution in [2.75, 3.05) is 17.7 Å². The predicted molar refractivity (Wildman–Crippen MR) is 77.1 cm³/mol. The Balaban J connectivity index is 2.10. The number of hydrogen-bond acceptors (Lipinski definition) is 3. The molecule has 0 bridgehead atoms. The van der Waals surface area contributed by atoms with Crippen molar-refractivity contribution < 1.29 is 4.74 Å². The van der Waals surface area contributed by atoms with Crippen molar-refractivity contribution in [1.29, 1.82) is 0 Å². The Morgan fingerprint density at radius 2 is 2.11 bits per heavy atom. The van der Waals surface area contributed by atoms with Gasteiger partial charge in [0.2, 0.25) is 0 Å². The molecule has 18 heavy (non-hydrogen) atoms. The lowest BCUT2D eigenvalue weighted by Gasteiger charge is -2.31. The number of nitrogens with two attached hydrogens (primary N) is 1. The molecule has 2 unspecified atom stereocenters. The first-order valence-electron chi connectivity index (χ1n) is 7.00. The van der Waals surface area contributed by atoms with Gasteiger partial charge in [-0.15, -0.1) is 0 Å². The Morgan fingerprint density at radius 3 is 2.83 bits per heavy atom. The molecule has 0 radical (unpaired) electrons. The largest absolute Gasteiger partial charge is 0.492 e. The molecule has 3 heteroatoms. The Morgan fingerprint density at radius 1 is 1.33 bits per heavy atom. The molecule has 2 atom stereocenters. The molecule has 3 N–H and O–H groups in total. The molecule has 0 aliphatic heterocycles. The van der Waals surface area contributed by atoms with E-state index < -0.39 is 0 Å². The number of nitrogens with one attached hydrogen (secondary N) is 1. The summed E-state index contributed by atoms with van der Waals surface area (Å²) in [6.45, 7) is 4.94. The highest BCUT2D eigenvalue weighted by Crippen LogP contribution is 2.33. The lowest BCUT2D eigenvalue weighted by atomic mass is 9.86. The van der Waals surface area contributed by atoms with Gasteiger partial charge in [-0.3, -0.25) is 0 Å². The van der Waals surface area contributed by atoms with Gasteiger partial charge in [0.1, 0.15) is 5.75 Å². The first-order chi connectivity index (χ1) is 8.72. The summed E-state index contributed by atoms with van der Waals surface area (Å²) in [5.41, 5.74) is 7.89. The lowest BCUT2D eigenvalue weighted by molar-refractivity contribution is 0.341. The number of hydrogen-bond donors (Lipinski definition) is 2. The van der Waals surface area contributed by atoms with Gasteiger partial charge in [-0.25, -0.2) is 0 Å². The lowest BCUT2D eigenvalue weighted by Crippen LogP contribution is -2.30. The molecule has 3 nitrogen and oxygen atoms in total. The summed E-state index contributed by atoms with van der Waals surface area (Å²) in [7, 11) is 0. The molecular formula is C15H24N2O. The van der Waals surface area contributed by atoms with Crippen LogP contribution in [0.2, 0.25) is 0 Å². The number of anilines is 2. The van der Waals surface area contributed by atoms with Crippen LogP contribution in [0.5, 0.6) is 5.75 Å². The van der Waals surface area contributed by atoms with Gasteiger partial charge in [-0.05, 0) is 37.8 Å². The minimum atomic E-state index is 0.540. The highest BCUT2D eigenvalue weighted by atomic mass is 16.5. The quantitative estimate of drug-likeness (QED) is 0.799. The number of benzene rings is 1. The zero-order valence-corrected chi connectivity index (χ0v) is 11.4. The van der Waals surface area contributed by atoms with Gasteiger partial charge in [0.15, 0.2) is 0 Å². The summed E-state index contributed by atoms with van der Waals surface area (Å²) in [5, 5.41) is 3.59. The van der Waals surface area contributed by atoms with Crippen LogP contribution in [0.3, 0.4) is 0 Å². The maximum absolute atomic E-state index is 6.14.